The van der Waals surface area contributed by atoms with Crippen molar-refractivity contribution in [3.05, 3.63) is 80.0 Å². The van der Waals surface area contributed by atoms with E-state index in [1.54, 1.807) is 19.2 Å². The molecule has 0 amide bonds. The van der Waals surface area contributed by atoms with Gasteiger partial charge in [-0.05, 0) is 48.9 Å². The molecule has 2 aromatic carbocycles. The van der Waals surface area contributed by atoms with Crippen molar-refractivity contribution in [2.24, 2.45) is 10.1 Å². The van der Waals surface area contributed by atoms with Crippen LogP contribution >= 0.6 is 11.3 Å². The van der Waals surface area contributed by atoms with Gasteiger partial charge in [0.1, 0.15) is 0 Å². The molecule has 31 heavy (non-hydrogen) atoms. The van der Waals surface area contributed by atoms with Crippen molar-refractivity contribution in [3.63, 3.8) is 0 Å². The minimum absolute atomic E-state index is 0.0728. The zero-order valence-corrected chi connectivity index (χ0v) is 18.6. The molecule has 0 N–H and O–H groups in total. The molecule has 4 rings (SSSR count). The highest BCUT2D eigenvalue weighted by Crippen LogP contribution is 2.32. The molecular formula is C24H26N4O2S. The van der Waals surface area contributed by atoms with E-state index < -0.39 is 4.92 Å². The predicted octanol–water partition coefficient (Wildman–Crippen LogP) is 5.98. The van der Waals surface area contributed by atoms with Gasteiger partial charge in [0.25, 0.3) is 5.69 Å². The predicted molar refractivity (Wildman–Crippen MR) is 126 cm³/mol. The molecule has 0 spiro atoms. The van der Waals surface area contributed by atoms with Crippen LogP contribution in [0.15, 0.2) is 64.0 Å². The van der Waals surface area contributed by atoms with Crippen LogP contribution in [0.5, 0.6) is 0 Å². The largest absolute Gasteiger partial charge is 0.269 e. The van der Waals surface area contributed by atoms with E-state index in [0.29, 0.717) is 5.92 Å². The quantitative estimate of drug-likeness (QED) is 0.282. The van der Waals surface area contributed by atoms with Crippen LogP contribution in [0.25, 0.3) is 11.3 Å². The van der Waals surface area contributed by atoms with E-state index in [-0.39, 0.29) is 5.69 Å². The van der Waals surface area contributed by atoms with Crippen LogP contribution < -0.4 is 4.80 Å². The summed E-state index contributed by atoms with van der Waals surface area (Å²) in [6.45, 7) is 2.00. The Morgan fingerprint density at radius 1 is 1.06 bits per heavy atom. The Morgan fingerprint density at radius 3 is 2.35 bits per heavy atom. The normalized spacial score (nSPS) is 15.9. The van der Waals surface area contributed by atoms with Crippen molar-refractivity contribution < 1.29 is 4.92 Å². The SMILES string of the molecule is CN=c1scc(-c2ccc([N+](=O)[O-])cc2)n1N=C(C)c1ccc(C2CCCCC2)cc1. The Hall–Kier alpha value is -3.06. The second-order valence-electron chi connectivity index (χ2n) is 7.89. The van der Waals surface area contributed by atoms with E-state index in [2.05, 4.69) is 29.3 Å². The van der Waals surface area contributed by atoms with Gasteiger partial charge < -0.3 is 0 Å². The molecule has 1 aliphatic carbocycles. The summed E-state index contributed by atoms with van der Waals surface area (Å²) in [6, 6.07) is 15.3. The number of hydrogen-bond acceptors (Lipinski definition) is 5. The highest BCUT2D eigenvalue weighted by Gasteiger charge is 2.15. The highest BCUT2D eigenvalue weighted by molar-refractivity contribution is 7.07. The molecule has 0 radical (unpaired) electrons. The Bertz CT molecular complexity index is 1150. The molecule has 0 aliphatic heterocycles. The van der Waals surface area contributed by atoms with Gasteiger partial charge in [0.2, 0.25) is 4.80 Å². The molecule has 0 bridgehead atoms. The number of nitro groups is 1. The summed E-state index contributed by atoms with van der Waals surface area (Å²) >= 11 is 1.50. The van der Waals surface area contributed by atoms with E-state index in [1.807, 2.05) is 17.0 Å². The molecule has 3 aromatic rings. The minimum atomic E-state index is -0.391. The van der Waals surface area contributed by atoms with Gasteiger partial charge in [-0.1, -0.05) is 43.5 Å². The molecule has 1 aromatic heterocycles. The van der Waals surface area contributed by atoms with E-state index in [9.17, 15) is 10.1 Å². The summed E-state index contributed by atoms with van der Waals surface area (Å²) in [5, 5.41) is 17.8. The number of benzene rings is 2. The first kappa shape index (κ1) is 21.2. The molecule has 0 saturated heterocycles. The van der Waals surface area contributed by atoms with Crippen molar-refractivity contribution >= 4 is 22.7 Å². The van der Waals surface area contributed by atoms with Crippen molar-refractivity contribution in [1.29, 1.82) is 0 Å². The fourth-order valence-electron chi connectivity index (χ4n) is 4.14. The molecule has 1 saturated carbocycles. The van der Waals surface area contributed by atoms with Crippen LogP contribution in [-0.2, 0) is 0 Å². The lowest BCUT2D eigenvalue weighted by Crippen LogP contribution is -2.14. The Morgan fingerprint density at radius 2 is 1.74 bits per heavy atom. The lowest BCUT2D eigenvalue weighted by atomic mass is 9.84. The summed E-state index contributed by atoms with van der Waals surface area (Å²) in [4.78, 5) is 15.7. The fourth-order valence-corrected chi connectivity index (χ4v) is 4.94. The summed E-state index contributed by atoms with van der Waals surface area (Å²) < 4.78 is 1.82. The average molecular weight is 435 g/mol. The lowest BCUT2D eigenvalue weighted by molar-refractivity contribution is -0.384. The molecule has 0 unspecified atom stereocenters. The topological polar surface area (TPSA) is 72.8 Å². The number of nitrogens with zero attached hydrogens (tertiary/aromatic N) is 4. The van der Waals surface area contributed by atoms with Gasteiger partial charge in [-0.3, -0.25) is 15.1 Å². The monoisotopic (exact) mass is 434 g/mol. The molecule has 1 aliphatic rings. The van der Waals surface area contributed by atoms with Gasteiger partial charge in [-0.25, -0.2) is 4.68 Å². The molecule has 1 heterocycles. The number of thiazole rings is 1. The Balaban J connectivity index is 1.64. The third-order valence-electron chi connectivity index (χ3n) is 5.91. The zero-order chi connectivity index (χ0) is 21.8. The first-order chi connectivity index (χ1) is 15.1. The van der Waals surface area contributed by atoms with Crippen LogP contribution in [0.2, 0.25) is 0 Å². The average Bonchev–Trinajstić information content (AvgIpc) is 3.22. The van der Waals surface area contributed by atoms with Gasteiger partial charge in [-0.2, -0.15) is 5.10 Å². The van der Waals surface area contributed by atoms with Crippen LogP contribution in [0.3, 0.4) is 0 Å². The van der Waals surface area contributed by atoms with Crippen molar-refractivity contribution in [1.82, 2.24) is 4.68 Å². The third-order valence-corrected chi connectivity index (χ3v) is 6.81. The summed E-state index contributed by atoms with van der Waals surface area (Å²) in [7, 11) is 1.74. The third kappa shape index (κ3) is 4.66. The van der Waals surface area contributed by atoms with Crippen LogP contribution in [0.1, 0.15) is 56.1 Å². The highest BCUT2D eigenvalue weighted by atomic mass is 32.1. The molecule has 7 heteroatoms. The molecule has 0 atom stereocenters. The first-order valence-corrected chi connectivity index (χ1v) is 11.5. The number of non-ortho nitro benzene ring substituents is 1. The maximum atomic E-state index is 11.0. The lowest BCUT2D eigenvalue weighted by Gasteiger charge is -2.22. The van der Waals surface area contributed by atoms with Gasteiger partial charge in [-0.15, -0.1) is 11.3 Å². The van der Waals surface area contributed by atoms with E-state index in [0.717, 1.165) is 27.3 Å². The smallest absolute Gasteiger partial charge is 0.261 e. The number of aromatic nitrogens is 1. The summed E-state index contributed by atoms with van der Waals surface area (Å²) in [5.74, 6) is 0.686. The number of hydrogen-bond donors (Lipinski definition) is 0. The zero-order valence-electron chi connectivity index (χ0n) is 17.8. The van der Waals surface area contributed by atoms with Gasteiger partial charge >= 0.3 is 0 Å². The van der Waals surface area contributed by atoms with E-state index >= 15 is 0 Å². The van der Waals surface area contributed by atoms with Crippen molar-refractivity contribution in [2.75, 3.05) is 7.05 Å². The second kappa shape index (κ2) is 9.39. The van der Waals surface area contributed by atoms with Crippen LogP contribution in [0, 0.1) is 10.1 Å². The maximum Gasteiger partial charge on any atom is 0.269 e. The fraction of sp³-hybridized carbons (Fsp3) is 0.333. The summed E-state index contributed by atoms with van der Waals surface area (Å²) in [6.07, 6.45) is 6.60. The molecular weight excluding hydrogens is 408 g/mol. The number of nitro benzene ring substituents is 1. The number of rotatable bonds is 5. The minimum Gasteiger partial charge on any atom is -0.261 e. The summed E-state index contributed by atoms with van der Waals surface area (Å²) in [5.41, 5.74) is 5.19. The van der Waals surface area contributed by atoms with E-state index in [4.69, 9.17) is 5.10 Å². The molecule has 1 fully saturated rings. The standard InChI is InChI=1S/C24H26N4O2S/c1-17(18-8-10-20(11-9-18)19-6-4-3-5-7-19)26-27-23(16-31-24(27)25-2)21-12-14-22(15-13-21)28(29)30/h8-16,19H,3-7H2,1-2H3. The van der Waals surface area contributed by atoms with Gasteiger partial charge in [0.05, 0.1) is 16.3 Å². The van der Waals surface area contributed by atoms with Crippen molar-refractivity contribution in [2.45, 2.75) is 44.9 Å². The van der Waals surface area contributed by atoms with Gasteiger partial charge in [0, 0.05) is 30.1 Å². The van der Waals surface area contributed by atoms with Crippen LogP contribution in [0.4, 0.5) is 5.69 Å². The second-order valence-corrected chi connectivity index (χ2v) is 8.72. The van der Waals surface area contributed by atoms with Crippen LogP contribution in [-0.4, -0.2) is 22.4 Å². The molecule has 6 nitrogen and oxygen atoms in total. The first-order valence-electron chi connectivity index (χ1n) is 10.6. The van der Waals surface area contributed by atoms with Gasteiger partial charge in [0.15, 0.2) is 0 Å². The maximum absolute atomic E-state index is 11.0. The van der Waals surface area contributed by atoms with Crippen molar-refractivity contribution in [3.8, 4) is 11.3 Å². The molecule has 160 valence electrons. The Kier molecular flexibility index (Phi) is 6.42. The van der Waals surface area contributed by atoms with E-state index in [1.165, 1.54) is 61.1 Å². The Labute approximate surface area is 185 Å².